The van der Waals surface area contributed by atoms with Crippen LogP contribution in [-0.4, -0.2) is 22.1 Å². The Bertz CT molecular complexity index is 731. The van der Waals surface area contributed by atoms with Crippen molar-refractivity contribution in [3.05, 3.63) is 46.3 Å². The number of nitrogens with zero attached hydrogens (tertiary/aromatic N) is 3. The van der Waals surface area contributed by atoms with Gasteiger partial charge in [0.05, 0.1) is 18.0 Å². The van der Waals surface area contributed by atoms with E-state index in [-0.39, 0.29) is 0 Å². The molecular formula is C14H10IN3O. The van der Waals surface area contributed by atoms with Gasteiger partial charge in [0.25, 0.3) is 0 Å². The number of halogens is 1. The molecule has 3 aromatic rings. The SMILES string of the molecule is COc1nc(-c2cccnc2)nc2ccc(I)cc12. The molecule has 94 valence electrons. The van der Waals surface area contributed by atoms with Crippen LogP contribution in [0, 0.1) is 3.57 Å². The van der Waals surface area contributed by atoms with E-state index >= 15 is 0 Å². The molecule has 0 bridgehead atoms. The molecule has 0 aliphatic heterocycles. The molecule has 0 unspecified atom stereocenters. The summed E-state index contributed by atoms with van der Waals surface area (Å²) in [5.74, 6) is 1.21. The average molecular weight is 363 g/mol. The first-order valence-electron chi connectivity index (χ1n) is 5.69. The second-order valence-corrected chi connectivity index (χ2v) is 5.21. The second-order valence-electron chi connectivity index (χ2n) is 3.96. The Morgan fingerprint density at radius 2 is 2.05 bits per heavy atom. The van der Waals surface area contributed by atoms with E-state index in [4.69, 9.17) is 4.74 Å². The zero-order valence-electron chi connectivity index (χ0n) is 10.2. The molecule has 0 fully saturated rings. The zero-order chi connectivity index (χ0) is 13.2. The second kappa shape index (κ2) is 5.08. The Morgan fingerprint density at radius 3 is 2.79 bits per heavy atom. The predicted octanol–water partition coefficient (Wildman–Crippen LogP) is 3.31. The number of fused-ring (bicyclic) bond motifs is 1. The van der Waals surface area contributed by atoms with Gasteiger partial charge >= 0.3 is 0 Å². The van der Waals surface area contributed by atoms with Crippen LogP contribution in [-0.2, 0) is 0 Å². The van der Waals surface area contributed by atoms with Gasteiger partial charge in [-0.05, 0) is 52.9 Å². The van der Waals surface area contributed by atoms with Gasteiger partial charge in [0.15, 0.2) is 5.82 Å². The van der Waals surface area contributed by atoms with Crippen molar-refractivity contribution in [3.63, 3.8) is 0 Å². The monoisotopic (exact) mass is 363 g/mol. The smallest absolute Gasteiger partial charge is 0.224 e. The molecule has 2 heterocycles. The molecule has 0 N–H and O–H groups in total. The van der Waals surface area contributed by atoms with Crippen molar-refractivity contribution in [2.45, 2.75) is 0 Å². The van der Waals surface area contributed by atoms with Crippen LogP contribution in [0.1, 0.15) is 0 Å². The number of hydrogen-bond acceptors (Lipinski definition) is 4. The summed E-state index contributed by atoms with van der Waals surface area (Å²) in [6.07, 6.45) is 3.47. The van der Waals surface area contributed by atoms with Crippen molar-refractivity contribution in [2.75, 3.05) is 7.11 Å². The van der Waals surface area contributed by atoms with Crippen molar-refractivity contribution in [2.24, 2.45) is 0 Å². The third kappa shape index (κ3) is 2.37. The highest BCUT2D eigenvalue weighted by molar-refractivity contribution is 14.1. The van der Waals surface area contributed by atoms with Gasteiger partial charge in [-0.15, -0.1) is 0 Å². The number of benzene rings is 1. The molecule has 4 nitrogen and oxygen atoms in total. The van der Waals surface area contributed by atoms with E-state index in [9.17, 15) is 0 Å². The van der Waals surface area contributed by atoms with E-state index in [1.54, 1.807) is 19.5 Å². The van der Waals surface area contributed by atoms with Crippen LogP contribution in [0.3, 0.4) is 0 Å². The molecule has 0 aliphatic rings. The Balaban J connectivity index is 2.26. The largest absolute Gasteiger partial charge is 0.480 e. The van der Waals surface area contributed by atoms with E-state index in [0.717, 1.165) is 20.0 Å². The van der Waals surface area contributed by atoms with Gasteiger partial charge in [0.2, 0.25) is 5.88 Å². The Kier molecular flexibility index (Phi) is 3.29. The maximum atomic E-state index is 5.37. The van der Waals surface area contributed by atoms with Crippen molar-refractivity contribution in [1.82, 2.24) is 15.0 Å². The number of aromatic nitrogens is 3. The lowest BCUT2D eigenvalue weighted by Gasteiger charge is -2.07. The Labute approximate surface area is 124 Å². The van der Waals surface area contributed by atoms with Crippen LogP contribution in [0.15, 0.2) is 42.7 Å². The fourth-order valence-electron chi connectivity index (χ4n) is 1.85. The summed E-state index contributed by atoms with van der Waals surface area (Å²) in [6.45, 7) is 0. The summed E-state index contributed by atoms with van der Waals surface area (Å²) in [7, 11) is 1.62. The molecule has 0 amide bonds. The van der Waals surface area contributed by atoms with Crippen LogP contribution in [0.4, 0.5) is 0 Å². The molecule has 0 aliphatic carbocycles. The molecule has 0 saturated carbocycles. The van der Waals surface area contributed by atoms with Gasteiger partial charge in [-0.2, -0.15) is 4.98 Å². The van der Waals surface area contributed by atoms with Gasteiger partial charge in [-0.3, -0.25) is 4.98 Å². The fourth-order valence-corrected chi connectivity index (χ4v) is 2.34. The summed E-state index contributed by atoms with van der Waals surface area (Å²) in [4.78, 5) is 13.1. The maximum absolute atomic E-state index is 5.37. The Hall–Kier alpha value is -1.76. The van der Waals surface area contributed by atoms with E-state index < -0.39 is 0 Å². The Morgan fingerprint density at radius 1 is 1.16 bits per heavy atom. The lowest BCUT2D eigenvalue weighted by molar-refractivity contribution is 0.403. The molecule has 0 atom stereocenters. The minimum atomic E-state index is 0.586. The summed E-state index contributed by atoms with van der Waals surface area (Å²) in [5, 5.41) is 0.919. The third-order valence-electron chi connectivity index (χ3n) is 2.74. The number of rotatable bonds is 2. The predicted molar refractivity (Wildman–Crippen MR) is 82.0 cm³/mol. The number of methoxy groups -OCH3 is 1. The highest BCUT2D eigenvalue weighted by Crippen LogP contribution is 2.27. The first-order chi connectivity index (χ1) is 9.28. The van der Waals surface area contributed by atoms with Crippen molar-refractivity contribution >= 4 is 33.5 Å². The third-order valence-corrected chi connectivity index (χ3v) is 3.41. The topological polar surface area (TPSA) is 47.9 Å². The molecule has 5 heteroatoms. The van der Waals surface area contributed by atoms with Crippen LogP contribution in [0.25, 0.3) is 22.3 Å². The molecular weight excluding hydrogens is 353 g/mol. The molecule has 0 saturated heterocycles. The quantitative estimate of drug-likeness (QED) is 0.656. The van der Waals surface area contributed by atoms with Crippen LogP contribution >= 0.6 is 22.6 Å². The standard InChI is InChI=1S/C14H10IN3O/c1-19-14-11-7-10(15)4-5-12(11)17-13(18-14)9-3-2-6-16-8-9/h2-8H,1H3. The van der Waals surface area contributed by atoms with E-state index in [0.29, 0.717) is 11.7 Å². The molecule has 1 aromatic carbocycles. The normalized spacial score (nSPS) is 10.6. The molecule has 2 aromatic heterocycles. The minimum absolute atomic E-state index is 0.586. The van der Waals surface area contributed by atoms with E-state index in [2.05, 4.69) is 37.5 Å². The summed E-state index contributed by atoms with van der Waals surface area (Å²) in [6, 6.07) is 9.80. The van der Waals surface area contributed by atoms with E-state index in [1.807, 2.05) is 30.3 Å². The molecule has 3 rings (SSSR count). The molecule has 0 radical (unpaired) electrons. The lowest BCUT2D eigenvalue weighted by atomic mass is 10.2. The van der Waals surface area contributed by atoms with Crippen LogP contribution < -0.4 is 4.74 Å². The zero-order valence-corrected chi connectivity index (χ0v) is 12.3. The van der Waals surface area contributed by atoms with E-state index in [1.165, 1.54) is 0 Å². The van der Waals surface area contributed by atoms with Crippen LogP contribution in [0.5, 0.6) is 5.88 Å². The highest BCUT2D eigenvalue weighted by atomic mass is 127. The van der Waals surface area contributed by atoms with Gasteiger partial charge < -0.3 is 4.74 Å². The number of hydrogen-bond donors (Lipinski definition) is 0. The fraction of sp³-hybridized carbons (Fsp3) is 0.0714. The summed E-state index contributed by atoms with van der Waals surface area (Å²) in [5.41, 5.74) is 1.74. The van der Waals surface area contributed by atoms with Crippen LogP contribution in [0.2, 0.25) is 0 Å². The van der Waals surface area contributed by atoms with Gasteiger partial charge in [-0.25, -0.2) is 4.98 Å². The molecule has 19 heavy (non-hydrogen) atoms. The average Bonchev–Trinajstić information content (AvgIpc) is 2.47. The number of pyridine rings is 1. The minimum Gasteiger partial charge on any atom is -0.480 e. The van der Waals surface area contributed by atoms with Gasteiger partial charge in [0.1, 0.15) is 0 Å². The van der Waals surface area contributed by atoms with Crippen molar-refractivity contribution < 1.29 is 4.74 Å². The van der Waals surface area contributed by atoms with Gasteiger partial charge in [0, 0.05) is 21.5 Å². The summed E-state index contributed by atoms with van der Waals surface area (Å²) >= 11 is 2.26. The lowest BCUT2D eigenvalue weighted by Crippen LogP contribution is -1.96. The maximum Gasteiger partial charge on any atom is 0.224 e. The molecule has 0 spiro atoms. The first-order valence-corrected chi connectivity index (χ1v) is 6.77. The van der Waals surface area contributed by atoms with Gasteiger partial charge in [-0.1, -0.05) is 0 Å². The first kappa shape index (κ1) is 12.3. The number of ether oxygens (including phenoxy) is 1. The van der Waals surface area contributed by atoms with Crippen molar-refractivity contribution in [1.29, 1.82) is 0 Å². The highest BCUT2D eigenvalue weighted by Gasteiger charge is 2.10. The summed E-state index contributed by atoms with van der Waals surface area (Å²) < 4.78 is 6.50. The van der Waals surface area contributed by atoms with Crippen molar-refractivity contribution in [3.8, 4) is 17.3 Å².